The molecule has 0 unspecified atom stereocenters. The predicted molar refractivity (Wildman–Crippen MR) is 66.1 cm³/mol. The molecule has 0 aromatic heterocycles. The molecule has 0 saturated heterocycles. The van der Waals surface area contributed by atoms with Crippen molar-refractivity contribution in [3.8, 4) is 11.5 Å². The molecule has 1 aromatic rings. The fourth-order valence-corrected chi connectivity index (χ4v) is 1.66. The third-order valence-corrected chi connectivity index (χ3v) is 2.22. The van der Waals surface area contributed by atoms with Crippen LogP contribution in [0.5, 0.6) is 11.5 Å². The first-order valence-electron chi connectivity index (χ1n) is 5.55. The van der Waals surface area contributed by atoms with Crippen molar-refractivity contribution in [2.45, 2.75) is 32.7 Å². The Balaban J connectivity index is 3.06. The fraction of sp³-hybridized carbons (Fsp3) is 0.538. The highest BCUT2D eigenvalue weighted by atomic mass is 16.5. The van der Waals surface area contributed by atoms with Crippen LogP contribution < -0.4 is 15.2 Å². The average molecular weight is 223 g/mol. The molecular formula is C13H21NO2. The van der Waals surface area contributed by atoms with Gasteiger partial charge in [0.25, 0.3) is 0 Å². The van der Waals surface area contributed by atoms with E-state index in [9.17, 15) is 0 Å². The van der Waals surface area contributed by atoms with E-state index in [2.05, 4.69) is 0 Å². The smallest absolute Gasteiger partial charge is 0.164 e. The van der Waals surface area contributed by atoms with Gasteiger partial charge in [0.1, 0.15) is 0 Å². The lowest BCUT2D eigenvalue weighted by Crippen LogP contribution is -2.34. The van der Waals surface area contributed by atoms with Crippen LogP contribution in [0.15, 0.2) is 18.2 Å². The Morgan fingerprint density at radius 3 is 2.50 bits per heavy atom. The maximum atomic E-state index is 6.03. The van der Waals surface area contributed by atoms with E-state index < -0.39 is 0 Å². The van der Waals surface area contributed by atoms with Crippen LogP contribution in [-0.2, 0) is 6.42 Å². The predicted octanol–water partition coefficient (Wildman–Crippen LogP) is 2.37. The Kier molecular flexibility index (Phi) is 4.19. The van der Waals surface area contributed by atoms with E-state index >= 15 is 0 Å². The van der Waals surface area contributed by atoms with E-state index in [-0.39, 0.29) is 5.54 Å². The van der Waals surface area contributed by atoms with Crippen molar-refractivity contribution in [2.24, 2.45) is 5.73 Å². The molecule has 0 aliphatic carbocycles. The Hall–Kier alpha value is -1.22. The first-order chi connectivity index (χ1) is 7.48. The van der Waals surface area contributed by atoms with Gasteiger partial charge in [0.2, 0.25) is 0 Å². The number of para-hydroxylation sites is 1. The first kappa shape index (κ1) is 12.8. The zero-order chi connectivity index (χ0) is 12.2. The SMILES string of the molecule is CCOc1c(CC(C)(C)N)cccc1OC. The van der Waals surface area contributed by atoms with Crippen LogP contribution in [0, 0.1) is 0 Å². The third-order valence-electron chi connectivity index (χ3n) is 2.22. The molecule has 2 N–H and O–H groups in total. The molecular weight excluding hydrogens is 202 g/mol. The Morgan fingerprint density at radius 2 is 2.00 bits per heavy atom. The molecule has 0 bridgehead atoms. The summed E-state index contributed by atoms with van der Waals surface area (Å²) in [7, 11) is 1.65. The van der Waals surface area contributed by atoms with Gasteiger partial charge in [-0.3, -0.25) is 0 Å². The third kappa shape index (κ3) is 3.42. The van der Waals surface area contributed by atoms with E-state index in [0.717, 1.165) is 23.5 Å². The summed E-state index contributed by atoms with van der Waals surface area (Å²) in [5.41, 5.74) is 6.87. The summed E-state index contributed by atoms with van der Waals surface area (Å²) < 4.78 is 10.9. The van der Waals surface area contributed by atoms with Crippen LogP contribution in [0.4, 0.5) is 0 Å². The van der Waals surface area contributed by atoms with Crippen molar-refractivity contribution in [1.29, 1.82) is 0 Å². The van der Waals surface area contributed by atoms with Gasteiger partial charge in [-0.1, -0.05) is 12.1 Å². The molecule has 3 heteroatoms. The van der Waals surface area contributed by atoms with Crippen molar-refractivity contribution in [2.75, 3.05) is 13.7 Å². The van der Waals surface area contributed by atoms with Gasteiger partial charge in [-0.25, -0.2) is 0 Å². The Morgan fingerprint density at radius 1 is 1.31 bits per heavy atom. The second kappa shape index (κ2) is 5.21. The average Bonchev–Trinajstić information content (AvgIpc) is 2.18. The van der Waals surface area contributed by atoms with Crippen molar-refractivity contribution < 1.29 is 9.47 Å². The second-order valence-electron chi connectivity index (χ2n) is 4.55. The summed E-state index contributed by atoms with van der Waals surface area (Å²) >= 11 is 0. The quantitative estimate of drug-likeness (QED) is 0.833. The van der Waals surface area contributed by atoms with Gasteiger partial charge in [-0.2, -0.15) is 0 Å². The van der Waals surface area contributed by atoms with Gasteiger partial charge in [0, 0.05) is 5.54 Å². The number of nitrogens with two attached hydrogens (primary N) is 1. The van der Waals surface area contributed by atoms with Crippen LogP contribution in [0.25, 0.3) is 0 Å². The molecule has 3 nitrogen and oxygen atoms in total. The number of methoxy groups -OCH3 is 1. The number of rotatable bonds is 5. The molecule has 0 fully saturated rings. The van der Waals surface area contributed by atoms with E-state index in [1.54, 1.807) is 7.11 Å². The number of hydrogen-bond acceptors (Lipinski definition) is 3. The van der Waals surface area contributed by atoms with Gasteiger partial charge in [0.05, 0.1) is 13.7 Å². The van der Waals surface area contributed by atoms with E-state index in [4.69, 9.17) is 15.2 Å². The minimum absolute atomic E-state index is 0.252. The molecule has 0 radical (unpaired) electrons. The van der Waals surface area contributed by atoms with Crippen LogP contribution in [0.3, 0.4) is 0 Å². The molecule has 0 amide bonds. The van der Waals surface area contributed by atoms with Crippen molar-refractivity contribution in [3.05, 3.63) is 23.8 Å². The maximum absolute atomic E-state index is 6.03. The summed E-state index contributed by atoms with van der Waals surface area (Å²) in [6.45, 7) is 6.59. The van der Waals surface area contributed by atoms with Crippen LogP contribution in [0.1, 0.15) is 26.3 Å². The maximum Gasteiger partial charge on any atom is 0.164 e. The Bertz CT molecular complexity index is 342. The summed E-state index contributed by atoms with van der Waals surface area (Å²) in [4.78, 5) is 0. The highest BCUT2D eigenvalue weighted by molar-refractivity contribution is 5.47. The van der Waals surface area contributed by atoms with Crippen LogP contribution in [0.2, 0.25) is 0 Å². The van der Waals surface area contributed by atoms with Gasteiger partial charge in [-0.05, 0) is 38.8 Å². The summed E-state index contributed by atoms with van der Waals surface area (Å²) in [6, 6.07) is 5.89. The van der Waals surface area contributed by atoms with Gasteiger partial charge in [0.15, 0.2) is 11.5 Å². The standard InChI is InChI=1S/C13H21NO2/c1-5-16-12-10(9-13(2,3)14)7-6-8-11(12)15-4/h6-8H,5,9,14H2,1-4H3. The molecule has 0 aliphatic rings. The number of ether oxygens (including phenoxy) is 2. The highest BCUT2D eigenvalue weighted by Gasteiger charge is 2.17. The molecule has 0 atom stereocenters. The zero-order valence-electron chi connectivity index (χ0n) is 10.5. The van der Waals surface area contributed by atoms with Gasteiger partial charge in [-0.15, -0.1) is 0 Å². The summed E-state index contributed by atoms with van der Waals surface area (Å²) in [6.07, 6.45) is 0.763. The molecule has 0 spiro atoms. The molecule has 90 valence electrons. The Labute approximate surface area is 97.6 Å². The second-order valence-corrected chi connectivity index (χ2v) is 4.55. The van der Waals surface area contributed by atoms with E-state index in [0.29, 0.717) is 6.61 Å². The molecule has 0 aliphatic heterocycles. The van der Waals surface area contributed by atoms with E-state index in [1.807, 2.05) is 39.0 Å². The van der Waals surface area contributed by atoms with Crippen LogP contribution >= 0.6 is 0 Å². The van der Waals surface area contributed by atoms with Gasteiger partial charge >= 0.3 is 0 Å². The molecule has 0 saturated carbocycles. The molecule has 1 rings (SSSR count). The summed E-state index contributed by atoms with van der Waals surface area (Å²) in [5.74, 6) is 1.58. The molecule has 16 heavy (non-hydrogen) atoms. The van der Waals surface area contributed by atoms with E-state index in [1.165, 1.54) is 0 Å². The minimum Gasteiger partial charge on any atom is -0.493 e. The van der Waals surface area contributed by atoms with Crippen molar-refractivity contribution in [3.63, 3.8) is 0 Å². The lowest BCUT2D eigenvalue weighted by Gasteiger charge is -2.21. The van der Waals surface area contributed by atoms with Gasteiger partial charge < -0.3 is 15.2 Å². The highest BCUT2D eigenvalue weighted by Crippen LogP contribution is 2.32. The molecule has 0 heterocycles. The summed E-state index contributed by atoms with van der Waals surface area (Å²) in [5, 5.41) is 0. The fourth-order valence-electron chi connectivity index (χ4n) is 1.66. The normalized spacial score (nSPS) is 11.3. The lowest BCUT2D eigenvalue weighted by atomic mass is 9.95. The lowest BCUT2D eigenvalue weighted by molar-refractivity contribution is 0.305. The topological polar surface area (TPSA) is 44.5 Å². The monoisotopic (exact) mass is 223 g/mol. The largest absolute Gasteiger partial charge is 0.493 e. The first-order valence-corrected chi connectivity index (χ1v) is 5.55. The van der Waals surface area contributed by atoms with Crippen molar-refractivity contribution in [1.82, 2.24) is 0 Å². The van der Waals surface area contributed by atoms with Crippen molar-refractivity contribution >= 4 is 0 Å². The molecule has 1 aromatic carbocycles. The number of benzene rings is 1. The van der Waals surface area contributed by atoms with Crippen LogP contribution in [-0.4, -0.2) is 19.3 Å². The number of hydrogen-bond donors (Lipinski definition) is 1. The minimum atomic E-state index is -0.252. The zero-order valence-corrected chi connectivity index (χ0v) is 10.5.